The lowest BCUT2D eigenvalue weighted by atomic mass is 10.00. The number of ether oxygens (including phenoxy) is 1. The maximum Gasteiger partial charge on any atom is 0.205 e. The van der Waals surface area contributed by atoms with E-state index in [0.29, 0.717) is 0 Å². The molecule has 6 heteroatoms. The van der Waals surface area contributed by atoms with Crippen LogP contribution in [0.25, 0.3) is 0 Å². The normalized spacial score (nSPS) is 20.2. The van der Waals surface area contributed by atoms with Crippen LogP contribution >= 0.6 is 11.5 Å². The highest BCUT2D eigenvalue weighted by atomic mass is 32.1. The zero-order chi connectivity index (χ0) is 17.4. The van der Waals surface area contributed by atoms with Crippen LogP contribution in [-0.4, -0.2) is 46.0 Å². The van der Waals surface area contributed by atoms with Crippen LogP contribution in [-0.2, 0) is 13.0 Å². The molecule has 0 radical (unpaired) electrons. The molecule has 0 amide bonds. The zero-order valence-corrected chi connectivity index (χ0v) is 16.1. The largest absolute Gasteiger partial charge is 0.487 e. The van der Waals surface area contributed by atoms with Gasteiger partial charge in [-0.05, 0) is 44.4 Å². The molecule has 0 unspecified atom stereocenters. The first kappa shape index (κ1) is 16.8. The van der Waals surface area contributed by atoms with E-state index >= 15 is 0 Å². The predicted molar refractivity (Wildman–Crippen MR) is 102 cm³/mol. The van der Waals surface area contributed by atoms with Gasteiger partial charge >= 0.3 is 0 Å². The van der Waals surface area contributed by atoms with E-state index in [2.05, 4.69) is 51.2 Å². The number of hydrogen-bond acceptors (Lipinski definition) is 6. The van der Waals surface area contributed by atoms with Crippen LogP contribution in [0.15, 0.2) is 18.2 Å². The highest BCUT2D eigenvalue weighted by Gasteiger charge is 2.30. The summed E-state index contributed by atoms with van der Waals surface area (Å²) in [6, 6.07) is 6.70. The van der Waals surface area contributed by atoms with Gasteiger partial charge in [-0.1, -0.05) is 12.1 Å². The summed E-state index contributed by atoms with van der Waals surface area (Å²) in [5.41, 5.74) is 2.67. The average Bonchev–Trinajstić information content (AvgIpc) is 3.02. The van der Waals surface area contributed by atoms with E-state index in [1.54, 1.807) is 0 Å². The molecule has 0 saturated carbocycles. The summed E-state index contributed by atoms with van der Waals surface area (Å²) in [6.07, 6.45) is 2.17. The Morgan fingerprint density at radius 3 is 2.88 bits per heavy atom. The van der Waals surface area contributed by atoms with Crippen LogP contribution in [0.4, 0.5) is 5.13 Å². The molecule has 5 nitrogen and oxygen atoms in total. The molecular formula is C19H26N4OS. The molecule has 2 aromatic rings. The molecule has 1 aromatic carbocycles. The molecule has 0 N–H and O–H groups in total. The summed E-state index contributed by atoms with van der Waals surface area (Å²) in [5.74, 6) is 1.94. The molecule has 2 aliphatic rings. The lowest BCUT2D eigenvalue weighted by molar-refractivity contribution is 0.138. The third-order valence-electron chi connectivity index (χ3n) is 4.91. The van der Waals surface area contributed by atoms with Crippen LogP contribution < -0.4 is 9.64 Å². The number of nitrogens with zero attached hydrogens (tertiary/aromatic N) is 4. The lowest BCUT2D eigenvalue weighted by Gasteiger charge is -2.21. The summed E-state index contributed by atoms with van der Waals surface area (Å²) in [5, 5.41) is 1.07. The Morgan fingerprint density at radius 1 is 1.20 bits per heavy atom. The first-order valence-corrected chi connectivity index (χ1v) is 9.84. The molecule has 3 heterocycles. The first-order valence-electron chi connectivity index (χ1n) is 9.07. The quantitative estimate of drug-likeness (QED) is 0.842. The summed E-state index contributed by atoms with van der Waals surface area (Å²) < 4.78 is 10.3. The third-order valence-corrected chi connectivity index (χ3v) is 5.78. The fourth-order valence-electron chi connectivity index (χ4n) is 3.75. The van der Waals surface area contributed by atoms with Gasteiger partial charge in [-0.3, -0.25) is 4.90 Å². The summed E-state index contributed by atoms with van der Waals surface area (Å²) in [4.78, 5) is 9.47. The lowest BCUT2D eigenvalue weighted by Crippen LogP contribution is -2.30. The number of fused-ring (bicyclic) bond motifs is 1. The second kappa shape index (κ2) is 6.57. The van der Waals surface area contributed by atoms with Gasteiger partial charge in [0.05, 0.1) is 0 Å². The highest BCUT2D eigenvalue weighted by Crippen LogP contribution is 2.35. The van der Waals surface area contributed by atoms with Gasteiger partial charge in [-0.25, -0.2) is 4.98 Å². The van der Waals surface area contributed by atoms with Crippen molar-refractivity contribution in [2.75, 3.05) is 31.1 Å². The van der Waals surface area contributed by atoms with Crippen molar-refractivity contribution in [3.63, 3.8) is 0 Å². The van der Waals surface area contributed by atoms with E-state index in [1.807, 2.05) is 6.92 Å². The molecule has 2 aliphatic heterocycles. The SMILES string of the molecule is Cc1nsc(N2CCCN(Cc3ccc4c(c3)CC(C)(C)O4)CC2)n1. The summed E-state index contributed by atoms with van der Waals surface area (Å²) in [7, 11) is 0. The summed E-state index contributed by atoms with van der Waals surface area (Å²) >= 11 is 1.52. The minimum absolute atomic E-state index is 0.0655. The standard InChI is InChI=1S/C19H26N4OS/c1-14-20-18(25-21-14)23-8-4-7-22(9-10-23)13-15-5-6-17-16(11-15)12-19(2,3)24-17/h5-6,11H,4,7-10,12-13H2,1-3H3. The maximum absolute atomic E-state index is 5.99. The van der Waals surface area contributed by atoms with E-state index in [1.165, 1.54) is 29.1 Å². The third kappa shape index (κ3) is 3.80. The Kier molecular flexibility index (Phi) is 4.41. The van der Waals surface area contributed by atoms with Crippen molar-refractivity contribution in [3.8, 4) is 5.75 Å². The van der Waals surface area contributed by atoms with Crippen molar-refractivity contribution in [1.82, 2.24) is 14.3 Å². The molecule has 4 rings (SSSR count). The molecule has 0 bridgehead atoms. The monoisotopic (exact) mass is 358 g/mol. The minimum Gasteiger partial charge on any atom is -0.487 e. The van der Waals surface area contributed by atoms with Gasteiger partial charge in [0, 0.05) is 50.7 Å². The topological polar surface area (TPSA) is 41.5 Å². The molecule has 134 valence electrons. The minimum atomic E-state index is -0.0655. The number of anilines is 1. The predicted octanol–water partition coefficient (Wildman–Crippen LogP) is 3.27. The van der Waals surface area contributed by atoms with Gasteiger partial charge in [0.25, 0.3) is 0 Å². The smallest absolute Gasteiger partial charge is 0.205 e. The van der Waals surface area contributed by atoms with Crippen LogP contribution in [0.3, 0.4) is 0 Å². The highest BCUT2D eigenvalue weighted by molar-refractivity contribution is 7.09. The van der Waals surface area contributed by atoms with Gasteiger partial charge in [0.2, 0.25) is 5.13 Å². The van der Waals surface area contributed by atoms with Crippen molar-refractivity contribution >= 4 is 16.7 Å². The second-order valence-electron chi connectivity index (χ2n) is 7.72. The molecular weight excluding hydrogens is 332 g/mol. The van der Waals surface area contributed by atoms with Gasteiger partial charge in [0.15, 0.2) is 0 Å². The molecule has 25 heavy (non-hydrogen) atoms. The van der Waals surface area contributed by atoms with Crippen molar-refractivity contribution in [3.05, 3.63) is 35.2 Å². The first-order chi connectivity index (χ1) is 12.0. The molecule has 0 aliphatic carbocycles. The van der Waals surface area contributed by atoms with Crippen molar-refractivity contribution in [2.45, 2.75) is 45.8 Å². The number of hydrogen-bond donors (Lipinski definition) is 0. The van der Waals surface area contributed by atoms with E-state index in [9.17, 15) is 0 Å². The van der Waals surface area contributed by atoms with Crippen LogP contribution in [0.1, 0.15) is 37.2 Å². The molecule has 1 fully saturated rings. The zero-order valence-electron chi connectivity index (χ0n) is 15.3. The van der Waals surface area contributed by atoms with E-state index in [-0.39, 0.29) is 5.60 Å². The molecule has 0 spiro atoms. The fraction of sp³-hybridized carbons (Fsp3) is 0.579. The fourth-order valence-corrected chi connectivity index (χ4v) is 4.48. The molecule has 1 saturated heterocycles. The van der Waals surface area contributed by atoms with Crippen LogP contribution in [0.2, 0.25) is 0 Å². The van der Waals surface area contributed by atoms with Crippen molar-refractivity contribution in [2.24, 2.45) is 0 Å². The molecule has 0 atom stereocenters. The Bertz CT molecular complexity index is 758. The second-order valence-corrected chi connectivity index (χ2v) is 8.45. The Balaban J connectivity index is 1.39. The van der Waals surface area contributed by atoms with E-state index in [0.717, 1.165) is 55.9 Å². The van der Waals surface area contributed by atoms with Crippen molar-refractivity contribution in [1.29, 1.82) is 0 Å². The Hall–Kier alpha value is -1.66. The number of rotatable bonds is 3. The number of aryl methyl sites for hydroxylation is 1. The molecule has 1 aromatic heterocycles. The summed E-state index contributed by atoms with van der Waals surface area (Å²) in [6.45, 7) is 11.6. The number of aromatic nitrogens is 2. The maximum atomic E-state index is 5.99. The average molecular weight is 359 g/mol. The van der Waals surface area contributed by atoms with E-state index in [4.69, 9.17) is 4.74 Å². The van der Waals surface area contributed by atoms with Gasteiger partial charge in [0.1, 0.15) is 17.2 Å². The van der Waals surface area contributed by atoms with E-state index < -0.39 is 0 Å². The Morgan fingerprint density at radius 2 is 2.08 bits per heavy atom. The Labute approximate surface area is 153 Å². The van der Waals surface area contributed by atoms with Crippen molar-refractivity contribution < 1.29 is 4.74 Å². The van der Waals surface area contributed by atoms with Crippen LogP contribution in [0.5, 0.6) is 5.75 Å². The number of benzene rings is 1. The van der Waals surface area contributed by atoms with Gasteiger partial charge in [-0.2, -0.15) is 4.37 Å². The van der Waals surface area contributed by atoms with Crippen LogP contribution in [0, 0.1) is 6.92 Å². The van der Waals surface area contributed by atoms with Gasteiger partial charge in [-0.15, -0.1) is 0 Å². The van der Waals surface area contributed by atoms with Gasteiger partial charge < -0.3 is 9.64 Å².